The first kappa shape index (κ1) is 11.4. The number of ether oxygens (including phenoxy) is 2. The average molecular weight is 229 g/mol. The van der Waals surface area contributed by atoms with Gasteiger partial charge in [0, 0.05) is 13.2 Å². The number of rotatable bonds is 2. The van der Waals surface area contributed by atoms with Crippen LogP contribution in [0.25, 0.3) is 0 Å². The van der Waals surface area contributed by atoms with Crippen LogP contribution in [-0.2, 0) is 9.47 Å². The predicted octanol–water partition coefficient (Wildman–Crippen LogP) is 1.60. The van der Waals surface area contributed by atoms with Gasteiger partial charge in [-0.25, -0.2) is 8.78 Å². The Balaban J connectivity index is 2.16. The summed E-state index contributed by atoms with van der Waals surface area (Å²) in [6, 6.07) is 3.19. The highest BCUT2D eigenvalue weighted by Crippen LogP contribution is 2.20. The SMILES string of the molecule is COC1COCC(c2cc(F)cc(F)c2)N1. The summed E-state index contributed by atoms with van der Waals surface area (Å²) < 4.78 is 36.4. The first-order valence-electron chi connectivity index (χ1n) is 5.01. The van der Waals surface area contributed by atoms with Crippen molar-refractivity contribution >= 4 is 0 Å². The van der Waals surface area contributed by atoms with Crippen LogP contribution < -0.4 is 5.32 Å². The minimum Gasteiger partial charge on any atom is -0.375 e. The molecule has 0 bridgehead atoms. The molecule has 1 aliphatic heterocycles. The van der Waals surface area contributed by atoms with Crippen molar-refractivity contribution < 1.29 is 18.3 Å². The molecule has 88 valence electrons. The lowest BCUT2D eigenvalue weighted by molar-refractivity contribution is -0.0613. The lowest BCUT2D eigenvalue weighted by atomic mass is 10.1. The fourth-order valence-corrected chi connectivity index (χ4v) is 1.72. The summed E-state index contributed by atoms with van der Waals surface area (Å²) in [5, 5.41) is 3.09. The van der Waals surface area contributed by atoms with Crippen molar-refractivity contribution in [2.45, 2.75) is 12.3 Å². The van der Waals surface area contributed by atoms with Crippen LogP contribution in [0, 0.1) is 11.6 Å². The van der Waals surface area contributed by atoms with E-state index in [-0.39, 0.29) is 12.3 Å². The average Bonchev–Trinajstić information content (AvgIpc) is 2.28. The zero-order valence-corrected chi connectivity index (χ0v) is 8.87. The van der Waals surface area contributed by atoms with Crippen LogP contribution in [0.1, 0.15) is 11.6 Å². The number of benzene rings is 1. The van der Waals surface area contributed by atoms with Gasteiger partial charge < -0.3 is 9.47 Å². The van der Waals surface area contributed by atoms with E-state index < -0.39 is 11.6 Å². The molecular weight excluding hydrogens is 216 g/mol. The molecule has 1 N–H and O–H groups in total. The third-order valence-corrected chi connectivity index (χ3v) is 2.51. The summed E-state index contributed by atoms with van der Waals surface area (Å²) in [5.74, 6) is -1.17. The molecule has 1 saturated heterocycles. The van der Waals surface area contributed by atoms with Crippen LogP contribution in [0.3, 0.4) is 0 Å². The van der Waals surface area contributed by atoms with Crippen LogP contribution in [0.2, 0.25) is 0 Å². The van der Waals surface area contributed by atoms with Gasteiger partial charge in [-0.15, -0.1) is 0 Å². The molecular formula is C11H13F2NO2. The largest absolute Gasteiger partial charge is 0.375 e. The maximum atomic E-state index is 13.0. The molecule has 0 amide bonds. The molecule has 0 aromatic heterocycles. The minimum absolute atomic E-state index is 0.245. The van der Waals surface area contributed by atoms with Gasteiger partial charge in [0.25, 0.3) is 0 Å². The van der Waals surface area contributed by atoms with Gasteiger partial charge in [-0.05, 0) is 17.7 Å². The second-order valence-electron chi connectivity index (χ2n) is 3.68. The zero-order chi connectivity index (χ0) is 11.5. The van der Waals surface area contributed by atoms with E-state index in [2.05, 4.69) is 5.32 Å². The van der Waals surface area contributed by atoms with E-state index in [9.17, 15) is 8.78 Å². The molecule has 0 radical (unpaired) electrons. The smallest absolute Gasteiger partial charge is 0.131 e. The van der Waals surface area contributed by atoms with Crippen molar-refractivity contribution in [3.63, 3.8) is 0 Å². The molecule has 2 rings (SSSR count). The predicted molar refractivity (Wildman–Crippen MR) is 53.9 cm³/mol. The first-order valence-corrected chi connectivity index (χ1v) is 5.01. The monoisotopic (exact) mass is 229 g/mol. The van der Waals surface area contributed by atoms with Gasteiger partial charge in [-0.3, -0.25) is 5.32 Å². The number of morpholine rings is 1. The maximum absolute atomic E-state index is 13.0. The van der Waals surface area contributed by atoms with Gasteiger partial charge in [0.2, 0.25) is 0 Å². The highest BCUT2D eigenvalue weighted by Gasteiger charge is 2.23. The van der Waals surface area contributed by atoms with Crippen molar-refractivity contribution in [3.05, 3.63) is 35.4 Å². The van der Waals surface area contributed by atoms with Gasteiger partial charge in [0.1, 0.15) is 17.9 Å². The summed E-state index contributed by atoms with van der Waals surface area (Å²) in [6.45, 7) is 0.813. The van der Waals surface area contributed by atoms with Gasteiger partial charge >= 0.3 is 0 Å². The summed E-state index contributed by atoms with van der Waals surface area (Å²) in [6.07, 6.45) is -0.245. The second-order valence-corrected chi connectivity index (χ2v) is 3.68. The Morgan fingerprint density at radius 3 is 2.56 bits per heavy atom. The Labute approximate surface area is 92.4 Å². The molecule has 0 spiro atoms. The molecule has 1 aliphatic rings. The number of hydrogen-bond acceptors (Lipinski definition) is 3. The fraction of sp³-hybridized carbons (Fsp3) is 0.455. The molecule has 2 atom stereocenters. The van der Waals surface area contributed by atoms with E-state index in [0.29, 0.717) is 18.8 Å². The molecule has 5 heteroatoms. The first-order chi connectivity index (χ1) is 7.69. The fourth-order valence-electron chi connectivity index (χ4n) is 1.72. The summed E-state index contributed by atoms with van der Waals surface area (Å²) in [4.78, 5) is 0. The molecule has 1 aromatic carbocycles. The molecule has 16 heavy (non-hydrogen) atoms. The van der Waals surface area contributed by atoms with Gasteiger partial charge in [-0.1, -0.05) is 0 Å². The maximum Gasteiger partial charge on any atom is 0.131 e. The minimum atomic E-state index is -0.587. The lowest BCUT2D eigenvalue weighted by Gasteiger charge is -2.30. The highest BCUT2D eigenvalue weighted by atomic mass is 19.1. The number of methoxy groups -OCH3 is 1. The Morgan fingerprint density at radius 1 is 1.25 bits per heavy atom. The Morgan fingerprint density at radius 2 is 1.94 bits per heavy atom. The van der Waals surface area contributed by atoms with Crippen LogP contribution in [0.4, 0.5) is 8.78 Å². The van der Waals surface area contributed by atoms with Crippen LogP contribution >= 0.6 is 0 Å². The van der Waals surface area contributed by atoms with Crippen LogP contribution in [0.5, 0.6) is 0 Å². The zero-order valence-electron chi connectivity index (χ0n) is 8.87. The molecule has 2 unspecified atom stereocenters. The van der Waals surface area contributed by atoms with E-state index in [0.717, 1.165) is 6.07 Å². The van der Waals surface area contributed by atoms with Crippen molar-refractivity contribution in [2.24, 2.45) is 0 Å². The quantitative estimate of drug-likeness (QED) is 0.835. The standard InChI is InChI=1S/C11H13F2NO2/c1-15-11-6-16-5-10(14-11)7-2-8(12)4-9(13)3-7/h2-4,10-11,14H,5-6H2,1H3. The molecule has 0 aliphatic carbocycles. The third kappa shape index (κ3) is 2.55. The van der Waals surface area contributed by atoms with E-state index in [1.165, 1.54) is 12.1 Å². The van der Waals surface area contributed by atoms with E-state index in [1.54, 1.807) is 7.11 Å². The number of halogens is 2. The Hall–Kier alpha value is -1.04. The van der Waals surface area contributed by atoms with Crippen LogP contribution in [-0.4, -0.2) is 26.6 Å². The van der Waals surface area contributed by atoms with Crippen molar-refractivity contribution in [1.29, 1.82) is 0 Å². The molecule has 0 saturated carbocycles. The third-order valence-electron chi connectivity index (χ3n) is 2.51. The van der Waals surface area contributed by atoms with E-state index in [4.69, 9.17) is 9.47 Å². The van der Waals surface area contributed by atoms with Crippen molar-refractivity contribution in [3.8, 4) is 0 Å². The second kappa shape index (κ2) is 4.86. The molecule has 1 aromatic rings. The molecule has 1 fully saturated rings. The van der Waals surface area contributed by atoms with Gasteiger partial charge in [0.05, 0.1) is 19.3 Å². The van der Waals surface area contributed by atoms with Gasteiger partial charge in [0.15, 0.2) is 0 Å². The normalized spacial score (nSPS) is 25.7. The van der Waals surface area contributed by atoms with E-state index in [1.807, 2.05) is 0 Å². The molecule has 1 heterocycles. The van der Waals surface area contributed by atoms with E-state index >= 15 is 0 Å². The highest BCUT2D eigenvalue weighted by molar-refractivity contribution is 5.22. The van der Waals surface area contributed by atoms with Gasteiger partial charge in [-0.2, -0.15) is 0 Å². The molecule has 3 nitrogen and oxygen atoms in total. The van der Waals surface area contributed by atoms with Crippen molar-refractivity contribution in [1.82, 2.24) is 5.32 Å². The number of hydrogen-bond donors (Lipinski definition) is 1. The van der Waals surface area contributed by atoms with Crippen LogP contribution in [0.15, 0.2) is 18.2 Å². The summed E-state index contributed by atoms with van der Waals surface area (Å²) >= 11 is 0. The van der Waals surface area contributed by atoms with Crippen molar-refractivity contribution in [2.75, 3.05) is 20.3 Å². The summed E-state index contributed by atoms with van der Waals surface area (Å²) in [7, 11) is 1.55. The topological polar surface area (TPSA) is 30.5 Å². The summed E-state index contributed by atoms with van der Waals surface area (Å²) in [5.41, 5.74) is 0.527. The number of nitrogens with one attached hydrogen (secondary N) is 1. The Bertz CT molecular complexity index is 353. The lowest BCUT2D eigenvalue weighted by Crippen LogP contribution is -2.44. The Kier molecular flexibility index (Phi) is 3.48.